The van der Waals surface area contributed by atoms with Crippen molar-refractivity contribution < 1.29 is 4.79 Å². The van der Waals surface area contributed by atoms with Gasteiger partial charge in [-0.15, -0.1) is 11.3 Å². The minimum atomic E-state index is -0.358. The number of carbonyl (C=O) groups excluding carboxylic acids is 1. The number of amides is 1. The van der Waals surface area contributed by atoms with E-state index in [-0.39, 0.29) is 11.6 Å². The second-order valence-electron chi connectivity index (χ2n) is 4.21. The van der Waals surface area contributed by atoms with Crippen LogP contribution in [-0.4, -0.2) is 20.9 Å². The Hall–Kier alpha value is -2.02. The van der Waals surface area contributed by atoms with Gasteiger partial charge >= 0.3 is 0 Å². The lowest BCUT2D eigenvalue weighted by Gasteiger charge is -2.01. The van der Waals surface area contributed by atoms with Crippen LogP contribution in [0.1, 0.15) is 10.5 Å². The molecule has 0 saturated heterocycles. The number of carbonyl (C=O) groups is 1. The standard InChI is InChI=1S/C14H8Cl2N4OS/c15-9-2-1-8(5-10(9)16)12-7-22-14(19-12)20-13(21)11-6-17-3-4-18-11/h1-7H,(H,19,20,21). The first-order chi connectivity index (χ1) is 10.6. The van der Waals surface area contributed by atoms with Gasteiger partial charge in [-0.05, 0) is 12.1 Å². The van der Waals surface area contributed by atoms with E-state index in [0.717, 1.165) is 5.56 Å². The molecule has 0 saturated carbocycles. The molecule has 1 aromatic carbocycles. The lowest BCUT2D eigenvalue weighted by molar-refractivity contribution is 0.102. The number of hydrogen-bond donors (Lipinski definition) is 1. The summed E-state index contributed by atoms with van der Waals surface area (Å²) >= 11 is 13.2. The number of nitrogens with one attached hydrogen (secondary N) is 1. The number of halogens is 2. The van der Waals surface area contributed by atoms with Gasteiger partial charge in [-0.1, -0.05) is 29.3 Å². The van der Waals surface area contributed by atoms with Crippen molar-refractivity contribution in [1.29, 1.82) is 0 Å². The van der Waals surface area contributed by atoms with Gasteiger partial charge in [-0.25, -0.2) is 9.97 Å². The zero-order valence-corrected chi connectivity index (χ0v) is 13.3. The van der Waals surface area contributed by atoms with Gasteiger partial charge < -0.3 is 0 Å². The number of hydrogen-bond acceptors (Lipinski definition) is 5. The van der Waals surface area contributed by atoms with Crippen LogP contribution in [0.2, 0.25) is 10.0 Å². The minimum Gasteiger partial charge on any atom is -0.296 e. The van der Waals surface area contributed by atoms with E-state index < -0.39 is 0 Å². The Kier molecular flexibility index (Phi) is 4.33. The van der Waals surface area contributed by atoms with Crippen molar-refractivity contribution in [3.8, 4) is 11.3 Å². The molecular weight excluding hydrogens is 343 g/mol. The van der Waals surface area contributed by atoms with Crippen molar-refractivity contribution in [2.75, 3.05) is 5.32 Å². The van der Waals surface area contributed by atoms with Gasteiger partial charge in [0.15, 0.2) is 5.13 Å². The monoisotopic (exact) mass is 350 g/mol. The van der Waals surface area contributed by atoms with Crippen LogP contribution in [0.25, 0.3) is 11.3 Å². The van der Waals surface area contributed by atoms with E-state index >= 15 is 0 Å². The Balaban J connectivity index is 1.79. The summed E-state index contributed by atoms with van der Waals surface area (Å²) in [6.07, 6.45) is 4.35. The van der Waals surface area contributed by atoms with Crippen LogP contribution in [0.15, 0.2) is 42.2 Å². The Labute approximate surface area is 140 Å². The third kappa shape index (κ3) is 3.24. The van der Waals surface area contributed by atoms with Crippen molar-refractivity contribution >= 4 is 45.6 Å². The Bertz CT molecular complexity index is 823. The molecule has 0 radical (unpaired) electrons. The zero-order valence-electron chi connectivity index (χ0n) is 11.0. The van der Waals surface area contributed by atoms with Gasteiger partial charge in [0.05, 0.1) is 21.9 Å². The van der Waals surface area contributed by atoms with E-state index in [2.05, 4.69) is 20.3 Å². The van der Waals surface area contributed by atoms with E-state index in [0.29, 0.717) is 20.9 Å². The second kappa shape index (κ2) is 6.39. The van der Waals surface area contributed by atoms with Crippen molar-refractivity contribution in [3.05, 3.63) is 57.9 Å². The number of thiazole rings is 1. The van der Waals surface area contributed by atoms with E-state index in [1.165, 1.54) is 29.9 Å². The molecule has 0 spiro atoms. The molecule has 0 aliphatic carbocycles. The first-order valence-corrected chi connectivity index (χ1v) is 7.75. The zero-order chi connectivity index (χ0) is 15.5. The van der Waals surface area contributed by atoms with Crippen LogP contribution in [0, 0.1) is 0 Å². The first-order valence-electron chi connectivity index (χ1n) is 6.12. The number of aromatic nitrogens is 3. The van der Waals surface area contributed by atoms with Crippen molar-refractivity contribution in [1.82, 2.24) is 15.0 Å². The maximum absolute atomic E-state index is 12.0. The highest BCUT2D eigenvalue weighted by Gasteiger charge is 2.11. The molecule has 0 bridgehead atoms. The van der Waals surface area contributed by atoms with Crippen LogP contribution in [-0.2, 0) is 0 Å². The number of nitrogens with zero attached hydrogens (tertiary/aromatic N) is 3. The Morgan fingerprint density at radius 1 is 1.18 bits per heavy atom. The van der Waals surface area contributed by atoms with Crippen LogP contribution < -0.4 is 5.32 Å². The summed E-state index contributed by atoms with van der Waals surface area (Å²) < 4.78 is 0. The largest absolute Gasteiger partial charge is 0.296 e. The van der Waals surface area contributed by atoms with E-state index in [9.17, 15) is 4.79 Å². The van der Waals surface area contributed by atoms with Gasteiger partial charge in [0.2, 0.25) is 0 Å². The fourth-order valence-corrected chi connectivity index (χ4v) is 2.71. The fraction of sp³-hybridized carbons (Fsp3) is 0. The van der Waals surface area contributed by atoms with Crippen molar-refractivity contribution in [2.45, 2.75) is 0 Å². The minimum absolute atomic E-state index is 0.230. The average molecular weight is 351 g/mol. The van der Waals surface area contributed by atoms with Gasteiger partial charge in [-0.2, -0.15) is 0 Å². The third-order valence-corrected chi connectivity index (χ3v) is 4.23. The van der Waals surface area contributed by atoms with Gasteiger partial charge in [0, 0.05) is 23.3 Å². The predicted octanol–water partition coefficient (Wildman–Crippen LogP) is 4.16. The summed E-state index contributed by atoms with van der Waals surface area (Å²) in [5.41, 5.74) is 1.76. The molecule has 22 heavy (non-hydrogen) atoms. The van der Waals surface area contributed by atoms with Crippen molar-refractivity contribution in [3.63, 3.8) is 0 Å². The summed E-state index contributed by atoms with van der Waals surface area (Å²) in [6.45, 7) is 0. The van der Waals surface area contributed by atoms with E-state index in [1.807, 2.05) is 11.4 Å². The van der Waals surface area contributed by atoms with Crippen LogP contribution >= 0.6 is 34.5 Å². The molecule has 2 aromatic heterocycles. The highest BCUT2D eigenvalue weighted by atomic mass is 35.5. The quantitative estimate of drug-likeness (QED) is 0.769. The lowest BCUT2D eigenvalue weighted by Crippen LogP contribution is -2.13. The summed E-state index contributed by atoms with van der Waals surface area (Å²) in [5, 5.41) is 5.91. The maximum Gasteiger partial charge on any atom is 0.277 e. The molecule has 0 unspecified atom stereocenters. The lowest BCUT2D eigenvalue weighted by atomic mass is 10.2. The number of benzene rings is 1. The summed E-state index contributed by atoms with van der Waals surface area (Å²) in [4.78, 5) is 24.1. The Morgan fingerprint density at radius 2 is 2.05 bits per heavy atom. The molecule has 1 amide bonds. The molecule has 110 valence electrons. The number of anilines is 1. The molecular formula is C14H8Cl2N4OS. The SMILES string of the molecule is O=C(Nc1nc(-c2ccc(Cl)c(Cl)c2)cs1)c1cnccn1. The highest BCUT2D eigenvalue weighted by Crippen LogP contribution is 2.30. The topological polar surface area (TPSA) is 67.8 Å². The van der Waals surface area contributed by atoms with Gasteiger partial charge in [0.25, 0.3) is 5.91 Å². The van der Waals surface area contributed by atoms with Gasteiger partial charge in [0.1, 0.15) is 5.69 Å². The number of rotatable bonds is 3. The van der Waals surface area contributed by atoms with Crippen molar-refractivity contribution in [2.24, 2.45) is 0 Å². The molecule has 0 aliphatic heterocycles. The molecule has 8 heteroatoms. The van der Waals surface area contributed by atoms with Crippen LogP contribution in [0.4, 0.5) is 5.13 Å². The normalized spacial score (nSPS) is 10.5. The van der Waals surface area contributed by atoms with E-state index in [4.69, 9.17) is 23.2 Å². The molecule has 0 aliphatic rings. The van der Waals surface area contributed by atoms with Gasteiger partial charge in [-0.3, -0.25) is 15.1 Å². The predicted molar refractivity (Wildman–Crippen MR) is 87.6 cm³/mol. The molecule has 3 aromatic rings. The summed E-state index contributed by atoms with van der Waals surface area (Å²) in [7, 11) is 0. The molecule has 0 atom stereocenters. The van der Waals surface area contributed by atoms with E-state index in [1.54, 1.807) is 12.1 Å². The molecule has 5 nitrogen and oxygen atoms in total. The van der Waals surface area contributed by atoms with Crippen LogP contribution in [0.5, 0.6) is 0 Å². The molecule has 3 rings (SSSR count). The highest BCUT2D eigenvalue weighted by molar-refractivity contribution is 7.14. The third-order valence-electron chi connectivity index (χ3n) is 2.74. The first kappa shape index (κ1) is 14.9. The second-order valence-corrected chi connectivity index (χ2v) is 5.88. The molecule has 0 fully saturated rings. The Morgan fingerprint density at radius 3 is 2.77 bits per heavy atom. The smallest absolute Gasteiger partial charge is 0.277 e. The fourth-order valence-electron chi connectivity index (χ4n) is 1.70. The average Bonchev–Trinajstić information content (AvgIpc) is 2.99. The summed E-state index contributed by atoms with van der Waals surface area (Å²) in [6, 6.07) is 5.25. The molecule has 1 N–H and O–H groups in total. The molecule has 2 heterocycles. The van der Waals surface area contributed by atoms with Crippen LogP contribution in [0.3, 0.4) is 0 Å². The summed E-state index contributed by atoms with van der Waals surface area (Å²) in [5.74, 6) is -0.358. The maximum atomic E-state index is 12.0.